The van der Waals surface area contributed by atoms with E-state index in [1.54, 1.807) is 0 Å². The van der Waals surface area contributed by atoms with E-state index in [-0.39, 0.29) is 5.56 Å². The van der Waals surface area contributed by atoms with E-state index in [1.807, 2.05) is 29.8 Å². The topological polar surface area (TPSA) is 22.0 Å². The number of nitrogens with zero attached hydrogens (tertiary/aromatic N) is 1. The maximum Gasteiger partial charge on any atom is 0.253 e. The number of pyridine rings is 1. The van der Waals surface area contributed by atoms with Crippen molar-refractivity contribution in [2.75, 3.05) is 0 Å². The minimum absolute atomic E-state index is 0.183. The van der Waals surface area contributed by atoms with Crippen LogP contribution in [0.4, 0.5) is 0 Å². The molecule has 1 saturated carbocycles. The summed E-state index contributed by atoms with van der Waals surface area (Å²) >= 11 is 0. The molecule has 0 saturated heterocycles. The van der Waals surface area contributed by atoms with E-state index >= 15 is 0 Å². The van der Waals surface area contributed by atoms with Crippen molar-refractivity contribution in [1.29, 1.82) is 0 Å². The Morgan fingerprint density at radius 2 is 2.25 bits per heavy atom. The average molecular weight is 163 g/mol. The molecule has 0 atom stereocenters. The quantitative estimate of drug-likeness (QED) is 0.619. The fourth-order valence-electron chi connectivity index (χ4n) is 1.58. The van der Waals surface area contributed by atoms with Gasteiger partial charge in [-0.05, 0) is 32.3 Å². The third-order valence-corrected chi connectivity index (χ3v) is 2.63. The van der Waals surface area contributed by atoms with Crippen molar-refractivity contribution in [2.24, 2.45) is 0 Å². The van der Waals surface area contributed by atoms with E-state index in [0.29, 0.717) is 6.04 Å². The Bertz CT molecular complexity index is 336. The van der Waals surface area contributed by atoms with Crippen LogP contribution in [-0.4, -0.2) is 4.57 Å². The molecule has 0 N–H and O–H groups in total. The van der Waals surface area contributed by atoms with Gasteiger partial charge in [0, 0.05) is 17.8 Å². The first-order valence-corrected chi connectivity index (χ1v) is 4.47. The third-order valence-electron chi connectivity index (χ3n) is 2.63. The molecule has 2 rings (SSSR count). The predicted molar refractivity (Wildman–Crippen MR) is 48.3 cm³/mol. The zero-order valence-electron chi connectivity index (χ0n) is 7.29. The zero-order chi connectivity index (χ0) is 8.55. The Labute approximate surface area is 71.8 Å². The van der Waals surface area contributed by atoms with Gasteiger partial charge in [-0.15, -0.1) is 0 Å². The van der Waals surface area contributed by atoms with E-state index in [2.05, 4.69) is 0 Å². The van der Waals surface area contributed by atoms with Gasteiger partial charge in [0.25, 0.3) is 5.56 Å². The summed E-state index contributed by atoms with van der Waals surface area (Å²) in [6.07, 6.45) is 5.51. The summed E-state index contributed by atoms with van der Waals surface area (Å²) in [6.45, 7) is 1.87. The molecule has 0 unspecified atom stereocenters. The monoisotopic (exact) mass is 163 g/mol. The van der Waals surface area contributed by atoms with Crippen LogP contribution in [0.25, 0.3) is 0 Å². The molecule has 1 aromatic heterocycles. The van der Waals surface area contributed by atoms with Gasteiger partial charge in [0.05, 0.1) is 0 Å². The number of hydrogen-bond acceptors (Lipinski definition) is 1. The van der Waals surface area contributed by atoms with Gasteiger partial charge in [-0.25, -0.2) is 0 Å². The predicted octanol–water partition coefficient (Wildman–Crippen LogP) is 1.88. The van der Waals surface area contributed by atoms with Crippen molar-refractivity contribution in [2.45, 2.75) is 32.2 Å². The molecule has 0 bridgehead atoms. The molecule has 1 fully saturated rings. The average Bonchev–Trinajstić information content (AvgIpc) is 1.95. The highest BCUT2D eigenvalue weighted by Gasteiger charge is 2.19. The Balaban J connectivity index is 2.43. The molecule has 0 amide bonds. The summed E-state index contributed by atoms with van der Waals surface area (Å²) in [4.78, 5) is 11.6. The minimum Gasteiger partial charge on any atom is -0.312 e. The third kappa shape index (κ3) is 1.07. The van der Waals surface area contributed by atoms with Gasteiger partial charge in [0.1, 0.15) is 0 Å². The second kappa shape index (κ2) is 2.77. The summed E-state index contributed by atoms with van der Waals surface area (Å²) in [5.74, 6) is 0. The molecule has 12 heavy (non-hydrogen) atoms. The number of aromatic nitrogens is 1. The molecular formula is C10H13NO. The molecule has 1 heterocycles. The van der Waals surface area contributed by atoms with Gasteiger partial charge >= 0.3 is 0 Å². The Kier molecular flexibility index (Phi) is 1.75. The van der Waals surface area contributed by atoms with Crippen molar-refractivity contribution in [3.63, 3.8) is 0 Å². The van der Waals surface area contributed by atoms with Gasteiger partial charge < -0.3 is 4.57 Å². The molecule has 2 heteroatoms. The lowest BCUT2D eigenvalue weighted by molar-refractivity contribution is 0.306. The first-order chi connectivity index (χ1) is 5.79. The highest BCUT2D eigenvalue weighted by Crippen LogP contribution is 2.29. The lowest BCUT2D eigenvalue weighted by Crippen LogP contribution is -2.29. The molecule has 0 aliphatic heterocycles. The Hall–Kier alpha value is -1.05. The molecule has 1 aromatic rings. The first-order valence-electron chi connectivity index (χ1n) is 4.47. The Morgan fingerprint density at radius 3 is 2.83 bits per heavy atom. The van der Waals surface area contributed by atoms with E-state index < -0.39 is 0 Å². The van der Waals surface area contributed by atoms with Crippen LogP contribution in [-0.2, 0) is 0 Å². The maximum absolute atomic E-state index is 11.6. The second-order valence-electron chi connectivity index (χ2n) is 3.49. The zero-order valence-corrected chi connectivity index (χ0v) is 7.29. The summed E-state index contributed by atoms with van der Waals surface area (Å²) < 4.78 is 1.87. The van der Waals surface area contributed by atoms with E-state index in [0.717, 1.165) is 5.56 Å². The number of rotatable bonds is 1. The van der Waals surface area contributed by atoms with Crippen LogP contribution >= 0.6 is 0 Å². The molecule has 2 nitrogen and oxygen atoms in total. The standard InChI is InChI=1S/C10H13NO/c1-8-4-3-7-11(10(8)12)9-5-2-6-9/h3-4,7,9H,2,5-6H2,1H3. The minimum atomic E-state index is 0.183. The molecule has 1 aliphatic carbocycles. The lowest BCUT2D eigenvalue weighted by atomic mass is 9.93. The summed E-state index contributed by atoms with van der Waals surface area (Å²) in [5, 5.41) is 0. The number of aryl methyl sites for hydroxylation is 1. The van der Waals surface area contributed by atoms with Crippen LogP contribution in [0.15, 0.2) is 23.1 Å². The summed E-state index contributed by atoms with van der Waals surface area (Å²) in [6, 6.07) is 4.31. The van der Waals surface area contributed by atoms with Crippen LogP contribution in [0.3, 0.4) is 0 Å². The van der Waals surface area contributed by atoms with Gasteiger partial charge in [0.15, 0.2) is 0 Å². The van der Waals surface area contributed by atoms with E-state index in [4.69, 9.17) is 0 Å². The van der Waals surface area contributed by atoms with Crippen LogP contribution < -0.4 is 5.56 Å². The largest absolute Gasteiger partial charge is 0.312 e. The van der Waals surface area contributed by atoms with Gasteiger partial charge in [-0.2, -0.15) is 0 Å². The van der Waals surface area contributed by atoms with Crippen molar-refractivity contribution in [3.05, 3.63) is 34.2 Å². The van der Waals surface area contributed by atoms with Crippen LogP contribution in [0, 0.1) is 6.92 Å². The van der Waals surface area contributed by atoms with Crippen LogP contribution in [0.1, 0.15) is 30.9 Å². The van der Waals surface area contributed by atoms with Crippen LogP contribution in [0.2, 0.25) is 0 Å². The van der Waals surface area contributed by atoms with Crippen molar-refractivity contribution >= 4 is 0 Å². The molecule has 0 radical (unpaired) electrons. The number of hydrogen-bond donors (Lipinski definition) is 0. The highest BCUT2D eigenvalue weighted by atomic mass is 16.1. The SMILES string of the molecule is Cc1cccn(C2CCC2)c1=O. The second-order valence-corrected chi connectivity index (χ2v) is 3.49. The molecule has 0 aromatic carbocycles. The van der Waals surface area contributed by atoms with Gasteiger partial charge in [-0.3, -0.25) is 4.79 Å². The van der Waals surface area contributed by atoms with Gasteiger partial charge in [-0.1, -0.05) is 6.07 Å². The molecular weight excluding hydrogens is 150 g/mol. The fourth-order valence-corrected chi connectivity index (χ4v) is 1.58. The van der Waals surface area contributed by atoms with E-state index in [1.165, 1.54) is 19.3 Å². The van der Waals surface area contributed by atoms with Crippen molar-refractivity contribution < 1.29 is 0 Å². The van der Waals surface area contributed by atoms with Gasteiger partial charge in [0.2, 0.25) is 0 Å². The molecule has 1 aliphatic rings. The smallest absolute Gasteiger partial charge is 0.253 e. The summed E-state index contributed by atoms with van der Waals surface area (Å²) in [7, 11) is 0. The van der Waals surface area contributed by atoms with Crippen molar-refractivity contribution in [3.8, 4) is 0 Å². The maximum atomic E-state index is 11.6. The van der Waals surface area contributed by atoms with E-state index in [9.17, 15) is 4.79 Å². The van der Waals surface area contributed by atoms with Crippen molar-refractivity contribution in [1.82, 2.24) is 4.57 Å². The normalized spacial score (nSPS) is 17.4. The Morgan fingerprint density at radius 1 is 1.50 bits per heavy atom. The first kappa shape index (κ1) is 7.59. The molecule has 64 valence electrons. The summed E-state index contributed by atoms with van der Waals surface area (Å²) in [5.41, 5.74) is 1.03. The van der Waals surface area contributed by atoms with Crippen LogP contribution in [0.5, 0.6) is 0 Å². The lowest BCUT2D eigenvalue weighted by Gasteiger charge is -2.27. The molecule has 0 spiro atoms. The fraction of sp³-hybridized carbons (Fsp3) is 0.500. The highest BCUT2D eigenvalue weighted by molar-refractivity contribution is 5.08.